The first-order chi connectivity index (χ1) is 14.7. The lowest BCUT2D eigenvalue weighted by Gasteiger charge is -2.17. The Labute approximate surface area is 181 Å². The van der Waals surface area contributed by atoms with Crippen molar-refractivity contribution in [2.45, 2.75) is 32.0 Å². The zero-order chi connectivity index (χ0) is 22.4. The number of alkyl halides is 3. The van der Waals surface area contributed by atoms with Gasteiger partial charge in [0.05, 0.1) is 18.0 Å². The molecule has 5 nitrogen and oxygen atoms in total. The fourth-order valence-electron chi connectivity index (χ4n) is 3.00. The third-order valence-electron chi connectivity index (χ3n) is 4.43. The fourth-order valence-corrected chi connectivity index (χ4v) is 3.86. The fraction of sp³-hybridized carbons (Fsp3) is 0.227. The molecule has 1 unspecified atom stereocenters. The molecule has 162 valence electrons. The van der Waals surface area contributed by atoms with E-state index in [1.165, 1.54) is 30.4 Å². The summed E-state index contributed by atoms with van der Waals surface area (Å²) < 4.78 is 38.0. The molecule has 1 heterocycles. The second-order valence-electron chi connectivity index (χ2n) is 6.92. The minimum absolute atomic E-state index is 0.0391. The van der Waals surface area contributed by atoms with Crippen molar-refractivity contribution in [2.75, 3.05) is 5.32 Å². The van der Waals surface area contributed by atoms with Gasteiger partial charge >= 0.3 is 6.18 Å². The molecule has 31 heavy (non-hydrogen) atoms. The number of carbonyl (C=O) groups excluding carboxylic acids is 2. The second-order valence-corrected chi connectivity index (χ2v) is 8.03. The summed E-state index contributed by atoms with van der Waals surface area (Å²) in [7, 11) is 0. The zero-order valence-electron chi connectivity index (χ0n) is 16.6. The summed E-state index contributed by atoms with van der Waals surface area (Å²) in [5, 5.41) is 5.88. The van der Waals surface area contributed by atoms with Crippen LogP contribution >= 0.6 is 11.3 Å². The third kappa shape index (κ3) is 6.65. The summed E-state index contributed by atoms with van der Waals surface area (Å²) in [6.45, 7) is 1.39. The molecule has 0 bridgehead atoms. The van der Waals surface area contributed by atoms with Crippen molar-refractivity contribution in [3.8, 4) is 0 Å². The van der Waals surface area contributed by atoms with E-state index in [1.807, 2.05) is 30.3 Å². The van der Waals surface area contributed by atoms with Crippen molar-refractivity contribution in [2.24, 2.45) is 0 Å². The van der Waals surface area contributed by atoms with E-state index in [0.29, 0.717) is 17.1 Å². The maximum Gasteiger partial charge on any atom is 0.416 e. The monoisotopic (exact) mass is 447 g/mol. The molecule has 1 atom stereocenters. The van der Waals surface area contributed by atoms with Crippen LogP contribution in [0.15, 0.2) is 60.8 Å². The summed E-state index contributed by atoms with van der Waals surface area (Å²) in [6.07, 6.45) is -2.34. The van der Waals surface area contributed by atoms with Crippen LogP contribution in [0.1, 0.15) is 41.0 Å². The van der Waals surface area contributed by atoms with Gasteiger partial charge in [-0.2, -0.15) is 13.2 Å². The normalized spacial score (nSPS) is 12.3. The lowest BCUT2D eigenvalue weighted by molar-refractivity contribution is -0.137. The van der Waals surface area contributed by atoms with Gasteiger partial charge in [0.15, 0.2) is 5.13 Å². The molecule has 0 aliphatic rings. The first-order valence-electron chi connectivity index (χ1n) is 9.43. The van der Waals surface area contributed by atoms with E-state index in [9.17, 15) is 22.8 Å². The number of carbonyl (C=O) groups is 2. The number of benzene rings is 2. The number of hydrogen-bond acceptors (Lipinski definition) is 4. The standard InChI is InChI=1S/C22H20F3N3O2S/c1-14(29)27-19(16-5-3-2-4-6-16)12-20(30)28-21-26-13-18(31-21)11-15-7-9-17(10-8-15)22(23,24)25/h2-10,13,19H,11-12H2,1H3,(H,27,29)(H,26,28,30). The molecule has 0 radical (unpaired) electrons. The highest BCUT2D eigenvalue weighted by Crippen LogP contribution is 2.30. The number of halogens is 3. The molecule has 2 aromatic carbocycles. The van der Waals surface area contributed by atoms with Gasteiger partial charge in [-0.25, -0.2) is 4.98 Å². The van der Waals surface area contributed by atoms with Crippen LogP contribution in [-0.2, 0) is 22.2 Å². The van der Waals surface area contributed by atoms with E-state index in [1.54, 1.807) is 6.20 Å². The summed E-state index contributed by atoms with van der Waals surface area (Å²) in [5.74, 6) is -0.548. The van der Waals surface area contributed by atoms with Gasteiger partial charge in [-0.1, -0.05) is 42.5 Å². The first-order valence-corrected chi connectivity index (χ1v) is 10.2. The molecule has 0 fully saturated rings. The predicted molar refractivity (Wildman–Crippen MR) is 113 cm³/mol. The molecule has 0 saturated heterocycles. The smallest absolute Gasteiger partial charge is 0.349 e. The highest BCUT2D eigenvalue weighted by atomic mass is 32.1. The van der Waals surface area contributed by atoms with Crippen molar-refractivity contribution in [3.05, 3.63) is 82.4 Å². The topological polar surface area (TPSA) is 71.1 Å². The average molecular weight is 447 g/mol. The van der Waals surface area contributed by atoms with E-state index in [-0.39, 0.29) is 18.2 Å². The molecule has 0 saturated carbocycles. The van der Waals surface area contributed by atoms with Crippen LogP contribution in [0.5, 0.6) is 0 Å². The number of amides is 2. The van der Waals surface area contributed by atoms with Crippen LogP contribution in [-0.4, -0.2) is 16.8 Å². The Hall–Kier alpha value is -3.20. The van der Waals surface area contributed by atoms with Crippen molar-refractivity contribution in [3.63, 3.8) is 0 Å². The van der Waals surface area contributed by atoms with Gasteiger partial charge in [-0.05, 0) is 23.3 Å². The highest BCUT2D eigenvalue weighted by Gasteiger charge is 2.29. The summed E-state index contributed by atoms with van der Waals surface area (Å²) in [5.41, 5.74) is 0.833. The van der Waals surface area contributed by atoms with Gasteiger partial charge < -0.3 is 10.6 Å². The number of hydrogen-bond donors (Lipinski definition) is 2. The first kappa shape index (κ1) is 22.5. The van der Waals surface area contributed by atoms with E-state index >= 15 is 0 Å². The summed E-state index contributed by atoms with van der Waals surface area (Å²) in [4.78, 5) is 29.0. The third-order valence-corrected chi connectivity index (χ3v) is 5.34. The number of rotatable bonds is 7. The van der Waals surface area contributed by atoms with Crippen molar-refractivity contribution in [1.29, 1.82) is 0 Å². The minimum Gasteiger partial charge on any atom is -0.349 e. The minimum atomic E-state index is -4.37. The van der Waals surface area contributed by atoms with E-state index in [4.69, 9.17) is 0 Å². The Bertz CT molecular complexity index is 1030. The molecule has 0 aliphatic carbocycles. The maximum absolute atomic E-state index is 12.7. The van der Waals surface area contributed by atoms with Gasteiger partial charge in [0.1, 0.15) is 0 Å². The summed E-state index contributed by atoms with van der Waals surface area (Å²) >= 11 is 1.25. The number of aromatic nitrogens is 1. The van der Waals surface area contributed by atoms with E-state index in [2.05, 4.69) is 15.6 Å². The Balaban J connectivity index is 1.60. The lowest BCUT2D eigenvalue weighted by atomic mass is 10.0. The van der Waals surface area contributed by atoms with Crippen molar-refractivity contribution in [1.82, 2.24) is 10.3 Å². The second kappa shape index (κ2) is 9.74. The molecule has 1 aromatic heterocycles. The van der Waals surface area contributed by atoms with Gasteiger partial charge in [0, 0.05) is 24.4 Å². The molecular formula is C22H20F3N3O2S. The van der Waals surface area contributed by atoms with Gasteiger partial charge in [0.2, 0.25) is 11.8 Å². The zero-order valence-corrected chi connectivity index (χ0v) is 17.4. The SMILES string of the molecule is CC(=O)NC(CC(=O)Nc1ncc(Cc2ccc(C(F)(F)F)cc2)s1)c1ccccc1. The van der Waals surface area contributed by atoms with Gasteiger partial charge in [0.25, 0.3) is 0 Å². The van der Waals surface area contributed by atoms with Crippen molar-refractivity contribution < 1.29 is 22.8 Å². The molecule has 3 aromatic rings. The van der Waals surface area contributed by atoms with Crippen LogP contribution in [0.3, 0.4) is 0 Å². The lowest BCUT2D eigenvalue weighted by Crippen LogP contribution is -2.29. The maximum atomic E-state index is 12.7. The Morgan fingerprint density at radius 1 is 1.06 bits per heavy atom. The van der Waals surface area contributed by atoms with Crippen LogP contribution in [0.25, 0.3) is 0 Å². The molecular weight excluding hydrogens is 427 g/mol. The van der Waals surface area contributed by atoms with E-state index < -0.39 is 17.8 Å². The van der Waals surface area contributed by atoms with Crippen LogP contribution < -0.4 is 10.6 Å². The largest absolute Gasteiger partial charge is 0.416 e. The Morgan fingerprint density at radius 3 is 2.35 bits per heavy atom. The quantitative estimate of drug-likeness (QED) is 0.538. The van der Waals surface area contributed by atoms with Crippen LogP contribution in [0, 0.1) is 0 Å². The van der Waals surface area contributed by atoms with Crippen LogP contribution in [0.2, 0.25) is 0 Å². The Kier molecular flexibility index (Phi) is 7.06. The number of thiazole rings is 1. The van der Waals surface area contributed by atoms with Gasteiger partial charge in [-0.15, -0.1) is 11.3 Å². The molecule has 0 spiro atoms. The van der Waals surface area contributed by atoms with E-state index in [0.717, 1.165) is 22.6 Å². The highest BCUT2D eigenvalue weighted by molar-refractivity contribution is 7.15. The van der Waals surface area contributed by atoms with Crippen LogP contribution in [0.4, 0.5) is 18.3 Å². The molecule has 9 heteroatoms. The average Bonchev–Trinajstić information content (AvgIpc) is 3.14. The van der Waals surface area contributed by atoms with Gasteiger partial charge in [-0.3, -0.25) is 9.59 Å². The van der Waals surface area contributed by atoms with Crippen molar-refractivity contribution >= 4 is 28.3 Å². The summed E-state index contributed by atoms with van der Waals surface area (Å²) in [6, 6.07) is 13.7. The molecule has 2 N–H and O–H groups in total. The molecule has 2 amide bonds. The number of anilines is 1. The number of nitrogens with one attached hydrogen (secondary N) is 2. The predicted octanol–water partition coefficient (Wildman–Crippen LogP) is 4.96. The molecule has 0 aliphatic heterocycles. The molecule has 3 rings (SSSR count). The number of nitrogens with zero attached hydrogens (tertiary/aromatic N) is 1. The Morgan fingerprint density at radius 2 is 1.74 bits per heavy atom.